The molecule has 0 spiro atoms. The van der Waals surface area contributed by atoms with E-state index in [0.29, 0.717) is 0 Å². The first-order valence-corrected chi connectivity index (χ1v) is 5.91. The lowest BCUT2D eigenvalue weighted by Crippen LogP contribution is -2.46. The Kier molecular flexibility index (Phi) is 4.42. The van der Waals surface area contributed by atoms with E-state index in [4.69, 9.17) is 0 Å². The molecule has 0 fully saturated rings. The van der Waals surface area contributed by atoms with Gasteiger partial charge < -0.3 is 10.3 Å². The van der Waals surface area contributed by atoms with Crippen LogP contribution in [0.4, 0.5) is 0 Å². The Morgan fingerprint density at radius 1 is 1.26 bits per heavy atom. The number of carbonyl (C=O) groups is 2. The maximum atomic E-state index is 12.0. The molecule has 2 N–H and O–H groups in total. The minimum absolute atomic E-state index is 0.110. The molecule has 1 amide bonds. The second-order valence-electron chi connectivity index (χ2n) is 4.58. The molecule has 0 aromatic carbocycles. The highest BCUT2D eigenvalue weighted by atomic mass is 16.2. The summed E-state index contributed by atoms with van der Waals surface area (Å²) < 4.78 is 0.744. The zero-order valence-corrected chi connectivity index (χ0v) is 11.3. The van der Waals surface area contributed by atoms with Crippen LogP contribution in [0.3, 0.4) is 0 Å². The van der Waals surface area contributed by atoms with Crippen LogP contribution in [0.25, 0.3) is 0 Å². The fraction of sp³-hybridized carbons (Fsp3) is 0.500. The highest BCUT2D eigenvalue weighted by Gasteiger charge is 2.21. The summed E-state index contributed by atoms with van der Waals surface area (Å²) in [6, 6.07) is -1.10. The Morgan fingerprint density at radius 3 is 2.32 bits per heavy atom. The number of nitrogens with one attached hydrogen (secondary N) is 2. The number of amides is 1. The lowest BCUT2D eigenvalue weighted by molar-refractivity contribution is -0.124. The van der Waals surface area contributed by atoms with Crippen LogP contribution in [0.5, 0.6) is 0 Å². The summed E-state index contributed by atoms with van der Waals surface area (Å²) in [6.45, 7) is 6.18. The molecule has 1 aromatic heterocycles. The van der Waals surface area contributed by atoms with E-state index in [2.05, 4.69) is 10.3 Å². The van der Waals surface area contributed by atoms with Crippen molar-refractivity contribution in [2.24, 2.45) is 0 Å². The van der Waals surface area contributed by atoms with E-state index < -0.39 is 29.0 Å². The molecule has 0 aliphatic carbocycles. The molecule has 0 saturated carbocycles. The predicted molar refractivity (Wildman–Crippen MR) is 69.3 cm³/mol. The van der Waals surface area contributed by atoms with Crippen molar-refractivity contribution < 1.29 is 9.59 Å². The summed E-state index contributed by atoms with van der Waals surface area (Å²) in [5.41, 5.74) is -1.63. The van der Waals surface area contributed by atoms with Gasteiger partial charge in [-0.1, -0.05) is 0 Å². The summed E-state index contributed by atoms with van der Waals surface area (Å²) >= 11 is 0. The minimum atomic E-state index is -0.988. The fourth-order valence-corrected chi connectivity index (χ4v) is 1.61. The van der Waals surface area contributed by atoms with Gasteiger partial charge in [0.25, 0.3) is 5.56 Å². The van der Waals surface area contributed by atoms with Gasteiger partial charge in [-0.3, -0.25) is 14.4 Å². The fourth-order valence-electron chi connectivity index (χ4n) is 1.61. The molecule has 1 unspecified atom stereocenters. The van der Waals surface area contributed by atoms with E-state index in [1.54, 1.807) is 13.8 Å². The van der Waals surface area contributed by atoms with Gasteiger partial charge in [0.2, 0.25) is 5.91 Å². The molecule has 0 aliphatic heterocycles. The van der Waals surface area contributed by atoms with Crippen LogP contribution >= 0.6 is 0 Å². The molecule has 1 heterocycles. The molecule has 19 heavy (non-hydrogen) atoms. The average Bonchev–Trinajstić information content (AvgIpc) is 2.27. The van der Waals surface area contributed by atoms with E-state index in [1.165, 1.54) is 13.8 Å². The van der Waals surface area contributed by atoms with Crippen LogP contribution in [0.2, 0.25) is 0 Å². The number of nitrogens with zero attached hydrogens (tertiary/aromatic N) is 1. The molecule has 1 rings (SSSR count). The maximum Gasteiger partial charge on any atom is 0.329 e. The Hall–Kier alpha value is -2.18. The van der Waals surface area contributed by atoms with Gasteiger partial charge >= 0.3 is 5.69 Å². The molecular weight excluding hydrogens is 250 g/mol. The summed E-state index contributed by atoms with van der Waals surface area (Å²) in [4.78, 5) is 49.0. The molecule has 1 atom stereocenters. The first kappa shape index (κ1) is 14.9. The topological polar surface area (TPSA) is 101 Å². The number of H-pyrrole nitrogens is 1. The number of rotatable bonds is 4. The quantitative estimate of drug-likeness (QED) is 0.739. The van der Waals surface area contributed by atoms with Gasteiger partial charge in [0.1, 0.15) is 6.04 Å². The first-order valence-electron chi connectivity index (χ1n) is 5.91. The van der Waals surface area contributed by atoms with Gasteiger partial charge in [-0.05, 0) is 27.7 Å². The molecule has 0 aliphatic rings. The number of hydrogen-bond donors (Lipinski definition) is 2. The Morgan fingerprint density at radius 2 is 1.84 bits per heavy atom. The third-order valence-corrected chi connectivity index (χ3v) is 2.58. The van der Waals surface area contributed by atoms with Gasteiger partial charge in [-0.25, -0.2) is 9.36 Å². The van der Waals surface area contributed by atoms with Crippen molar-refractivity contribution in [2.45, 2.75) is 39.8 Å². The second-order valence-corrected chi connectivity index (χ2v) is 4.58. The van der Waals surface area contributed by atoms with E-state index in [-0.39, 0.29) is 11.6 Å². The minimum Gasteiger partial charge on any atom is -0.352 e. The summed E-state index contributed by atoms with van der Waals surface area (Å²) in [5.74, 6) is -0.922. The molecule has 0 radical (unpaired) electrons. The number of aromatic amines is 1. The first-order chi connectivity index (χ1) is 8.75. The lowest BCUT2D eigenvalue weighted by Gasteiger charge is -2.16. The highest BCUT2D eigenvalue weighted by Crippen LogP contribution is 2.00. The highest BCUT2D eigenvalue weighted by molar-refractivity contribution is 5.93. The van der Waals surface area contributed by atoms with E-state index in [9.17, 15) is 19.2 Å². The molecule has 7 nitrogen and oxygen atoms in total. The van der Waals surface area contributed by atoms with Crippen molar-refractivity contribution in [2.75, 3.05) is 0 Å². The van der Waals surface area contributed by atoms with Crippen molar-refractivity contribution in [1.29, 1.82) is 0 Å². The van der Waals surface area contributed by atoms with Gasteiger partial charge in [0.15, 0.2) is 5.78 Å². The third-order valence-electron chi connectivity index (χ3n) is 2.58. The monoisotopic (exact) mass is 267 g/mol. The van der Waals surface area contributed by atoms with Crippen LogP contribution in [-0.2, 0) is 4.79 Å². The summed E-state index contributed by atoms with van der Waals surface area (Å²) in [7, 11) is 0. The van der Waals surface area contributed by atoms with Crippen molar-refractivity contribution in [3.63, 3.8) is 0 Å². The van der Waals surface area contributed by atoms with Crippen molar-refractivity contribution >= 4 is 11.7 Å². The number of aromatic nitrogens is 2. The number of ketones is 1. The van der Waals surface area contributed by atoms with Gasteiger partial charge in [0, 0.05) is 12.2 Å². The molecule has 0 bridgehead atoms. The second kappa shape index (κ2) is 5.64. The van der Waals surface area contributed by atoms with Gasteiger partial charge in [-0.2, -0.15) is 0 Å². The van der Waals surface area contributed by atoms with Crippen LogP contribution in [-0.4, -0.2) is 27.3 Å². The zero-order valence-electron chi connectivity index (χ0n) is 11.3. The third kappa shape index (κ3) is 3.18. The molecule has 1 aromatic rings. The van der Waals surface area contributed by atoms with Crippen LogP contribution in [0.15, 0.2) is 15.8 Å². The van der Waals surface area contributed by atoms with Crippen LogP contribution < -0.4 is 16.6 Å². The van der Waals surface area contributed by atoms with Crippen molar-refractivity contribution in [1.82, 2.24) is 14.9 Å². The molecular formula is C12H17N3O4. The maximum absolute atomic E-state index is 12.0. The lowest BCUT2D eigenvalue weighted by atomic mass is 10.2. The molecule has 0 saturated heterocycles. The van der Waals surface area contributed by atoms with E-state index >= 15 is 0 Å². The van der Waals surface area contributed by atoms with E-state index in [1.807, 2.05) is 0 Å². The largest absolute Gasteiger partial charge is 0.352 e. The number of Topliss-reactive ketones (excluding diaryl/α,β-unsaturated/α-hetero) is 1. The molecule has 7 heteroatoms. The number of hydrogen-bond acceptors (Lipinski definition) is 4. The summed E-state index contributed by atoms with van der Waals surface area (Å²) in [6.07, 6.45) is 1.07. The summed E-state index contributed by atoms with van der Waals surface area (Å²) in [5, 5.41) is 2.61. The zero-order chi connectivity index (χ0) is 14.7. The SMILES string of the molecule is CC(=O)c1c[nH]c(=O)n(C(C)C(=O)NC(C)C)c1=O. The Balaban J connectivity index is 3.31. The van der Waals surface area contributed by atoms with E-state index in [0.717, 1.165) is 10.8 Å². The van der Waals surface area contributed by atoms with Crippen molar-refractivity contribution in [3.05, 3.63) is 32.6 Å². The predicted octanol–water partition coefficient (Wildman–Crippen LogP) is -0.175. The average molecular weight is 267 g/mol. The van der Waals surface area contributed by atoms with Crippen molar-refractivity contribution in [3.8, 4) is 0 Å². The van der Waals surface area contributed by atoms with Gasteiger partial charge in [0.05, 0.1) is 5.56 Å². The van der Waals surface area contributed by atoms with Crippen LogP contribution in [0, 0.1) is 0 Å². The normalized spacial score (nSPS) is 12.3. The van der Waals surface area contributed by atoms with Crippen LogP contribution in [0.1, 0.15) is 44.1 Å². The van der Waals surface area contributed by atoms with Gasteiger partial charge in [-0.15, -0.1) is 0 Å². The number of carbonyl (C=O) groups excluding carboxylic acids is 2. The smallest absolute Gasteiger partial charge is 0.329 e. The Labute approximate surface area is 109 Å². The Bertz CT molecular complexity index is 612. The molecule has 104 valence electrons. The standard InChI is InChI=1S/C12H17N3O4/c1-6(2)14-10(17)7(3)15-11(18)9(8(4)16)5-13-12(15)19/h5-7H,1-4H3,(H,13,19)(H,14,17).